The standard InChI is InChI=1S/C8H16N2O3S/c1-14(12,13)7-4-2-3-6(5-7)8(9)10-11/h6-7,11H,2-5H2,1H3,(H2,9,10). The molecule has 82 valence electrons. The predicted octanol–water partition coefficient (Wildman–Crippen LogP) is 0.336. The topological polar surface area (TPSA) is 92.8 Å². The Morgan fingerprint density at radius 1 is 1.50 bits per heavy atom. The van der Waals surface area contributed by atoms with E-state index in [4.69, 9.17) is 10.9 Å². The number of sulfone groups is 1. The molecule has 1 rings (SSSR count). The van der Waals surface area contributed by atoms with Crippen molar-refractivity contribution in [2.45, 2.75) is 30.9 Å². The van der Waals surface area contributed by atoms with E-state index in [9.17, 15) is 8.42 Å². The highest BCUT2D eigenvalue weighted by Gasteiger charge is 2.30. The highest BCUT2D eigenvalue weighted by atomic mass is 32.2. The average Bonchev–Trinajstić information content (AvgIpc) is 2.15. The van der Waals surface area contributed by atoms with Crippen LogP contribution in [0, 0.1) is 5.92 Å². The van der Waals surface area contributed by atoms with Crippen LogP contribution in [0.25, 0.3) is 0 Å². The van der Waals surface area contributed by atoms with Crippen LogP contribution in [-0.4, -0.2) is 31.0 Å². The number of oxime groups is 1. The van der Waals surface area contributed by atoms with Gasteiger partial charge in [-0.15, -0.1) is 0 Å². The third-order valence-corrected chi connectivity index (χ3v) is 4.40. The fourth-order valence-electron chi connectivity index (χ4n) is 1.88. The largest absolute Gasteiger partial charge is 0.409 e. The third kappa shape index (κ3) is 2.60. The quantitative estimate of drug-likeness (QED) is 0.304. The van der Waals surface area contributed by atoms with Crippen LogP contribution in [0.1, 0.15) is 25.7 Å². The lowest BCUT2D eigenvalue weighted by molar-refractivity contribution is 0.309. The Morgan fingerprint density at radius 3 is 2.64 bits per heavy atom. The number of nitrogens with zero attached hydrogens (tertiary/aromatic N) is 1. The molecule has 0 spiro atoms. The normalized spacial score (nSPS) is 30.2. The van der Waals surface area contributed by atoms with Crippen LogP contribution in [0.15, 0.2) is 5.16 Å². The van der Waals surface area contributed by atoms with Crippen molar-refractivity contribution >= 4 is 15.7 Å². The van der Waals surface area contributed by atoms with E-state index in [1.54, 1.807) is 0 Å². The first kappa shape index (κ1) is 11.3. The molecule has 0 bridgehead atoms. The van der Waals surface area contributed by atoms with Crippen molar-refractivity contribution < 1.29 is 13.6 Å². The van der Waals surface area contributed by atoms with Gasteiger partial charge in [0, 0.05) is 12.2 Å². The van der Waals surface area contributed by atoms with Gasteiger partial charge in [0.2, 0.25) is 0 Å². The lowest BCUT2D eigenvalue weighted by atomic mass is 9.88. The second-order valence-corrected chi connectivity index (χ2v) is 6.17. The maximum absolute atomic E-state index is 11.3. The van der Waals surface area contributed by atoms with E-state index < -0.39 is 9.84 Å². The molecule has 1 aliphatic rings. The zero-order chi connectivity index (χ0) is 10.8. The second kappa shape index (κ2) is 4.16. The van der Waals surface area contributed by atoms with Crippen molar-refractivity contribution in [1.29, 1.82) is 0 Å². The van der Waals surface area contributed by atoms with Gasteiger partial charge in [0.1, 0.15) is 15.7 Å². The van der Waals surface area contributed by atoms with Gasteiger partial charge in [0.15, 0.2) is 0 Å². The molecule has 1 aliphatic carbocycles. The minimum atomic E-state index is -2.99. The van der Waals surface area contributed by atoms with Gasteiger partial charge in [-0.1, -0.05) is 11.6 Å². The summed E-state index contributed by atoms with van der Waals surface area (Å²) in [7, 11) is -2.99. The van der Waals surface area contributed by atoms with Gasteiger partial charge in [-0.3, -0.25) is 0 Å². The molecule has 0 amide bonds. The minimum absolute atomic E-state index is 0.0894. The van der Waals surface area contributed by atoms with Crippen molar-refractivity contribution in [2.24, 2.45) is 16.8 Å². The number of rotatable bonds is 2. The fraction of sp³-hybridized carbons (Fsp3) is 0.875. The van der Waals surface area contributed by atoms with Crippen molar-refractivity contribution in [3.05, 3.63) is 0 Å². The maximum atomic E-state index is 11.3. The van der Waals surface area contributed by atoms with Crippen LogP contribution >= 0.6 is 0 Å². The number of hydrogen-bond acceptors (Lipinski definition) is 4. The summed E-state index contributed by atoms with van der Waals surface area (Å²) in [6, 6.07) is 0. The molecule has 0 aliphatic heterocycles. The molecule has 0 aromatic carbocycles. The first-order chi connectivity index (χ1) is 6.45. The summed E-state index contributed by atoms with van der Waals surface area (Å²) in [5.74, 6) is 0.0619. The number of amidine groups is 1. The minimum Gasteiger partial charge on any atom is -0.409 e. The first-order valence-electron chi connectivity index (χ1n) is 4.61. The van der Waals surface area contributed by atoms with E-state index in [2.05, 4.69) is 5.16 Å². The number of nitrogens with two attached hydrogens (primary N) is 1. The van der Waals surface area contributed by atoms with Crippen LogP contribution in [-0.2, 0) is 9.84 Å². The van der Waals surface area contributed by atoms with E-state index in [1.807, 2.05) is 0 Å². The molecule has 0 aromatic rings. The zero-order valence-corrected chi connectivity index (χ0v) is 9.00. The molecule has 6 heteroatoms. The van der Waals surface area contributed by atoms with E-state index in [0.29, 0.717) is 12.8 Å². The first-order valence-corrected chi connectivity index (χ1v) is 6.57. The molecular formula is C8H16N2O3S. The Bertz CT molecular complexity index is 323. The Morgan fingerprint density at radius 2 is 2.14 bits per heavy atom. The zero-order valence-electron chi connectivity index (χ0n) is 8.18. The third-order valence-electron chi connectivity index (χ3n) is 2.77. The molecule has 5 nitrogen and oxygen atoms in total. The summed E-state index contributed by atoms with van der Waals surface area (Å²) < 4.78 is 22.6. The summed E-state index contributed by atoms with van der Waals surface area (Å²) in [5, 5.41) is 11.1. The smallest absolute Gasteiger partial charge is 0.150 e. The summed E-state index contributed by atoms with van der Waals surface area (Å²) in [6.07, 6.45) is 4.04. The highest BCUT2D eigenvalue weighted by Crippen LogP contribution is 2.28. The van der Waals surface area contributed by atoms with Gasteiger partial charge < -0.3 is 10.9 Å². The molecule has 3 N–H and O–H groups in total. The molecule has 0 saturated heterocycles. The van der Waals surface area contributed by atoms with Crippen molar-refractivity contribution in [1.82, 2.24) is 0 Å². The Kier molecular flexibility index (Phi) is 3.36. The average molecular weight is 220 g/mol. The van der Waals surface area contributed by atoms with Gasteiger partial charge >= 0.3 is 0 Å². The molecule has 14 heavy (non-hydrogen) atoms. The highest BCUT2D eigenvalue weighted by molar-refractivity contribution is 7.91. The van der Waals surface area contributed by atoms with Crippen LogP contribution in [0.3, 0.4) is 0 Å². The van der Waals surface area contributed by atoms with Gasteiger partial charge in [-0.25, -0.2) is 8.42 Å². The molecule has 0 radical (unpaired) electrons. The predicted molar refractivity (Wildman–Crippen MR) is 54.0 cm³/mol. The summed E-state index contributed by atoms with van der Waals surface area (Å²) in [4.78, 5) is 0. The van der Waals surface area contributed by atoms with Crippen molar-refractivity contribution in [2.75, 3.05) is 6.26 Å². The summed E-state index contributed by atoms with van der Waals surface area (Å²) >= 11 is 0. The molecule has 2 unspecified atom stereocenters. The summed E-state index contributed by atoms with van der Waals surface area (Å²) in [5.41, 5.74) is 5.46. The van der Waals surface area contributed by atoms with E-state index in [0.717, 1.165) is 12.8 Å². The van der Waals surface area contributed by atoms with Gasteiger partial charge in [0.25, 0.3) is 0 Å². The SMILES string of the molecule is CS(=O)(=O)C1CCCC(C(N)=NO)C1. The fourth-order valence-corrected chi connectivity index (χ4v) is 3.06. The van der Waals surface area contributed by atoms with Gasteiger partial charge in [0.05, 0.1) is 5.25 Å². The molecule has 2 atom stereocenters. The Labute approximate surface area is 83.9 Å². The summed E-state index contributed by atoms with van der Waals surface area (Å²) in [6.45, 7) is 0. The van der Waals surface area contributed by atoms with Crippen LogP contribution in [0.2, 0.25) is 0 Å². The van der Waals surface area contributed by atoms with E-state index in [-0.39, 0.29) is 17.0 Å². The van der Waals surface area contributed by atoms with E-state index in [1.165, 1.54) is 6.26 Å². The van der Waals surface area contributed by atoms with Gasteiger partial charge in [-0.2, -0.15) is 0 Å². The van der Waals surface area contributed by atoms with Crippen LogP contribution < -0.4 is 5.73 Å². The molecular weight excluding hydrogens is 204 g/mol. The molecule has 1 saturated carbocycles. The van der Waals surface area contributed by atoms with Crippen LogP contribution in [0.5, 0.6) is 0 Å². The van der Waals surface area contributed by atoms with Crippen molar-refractivity contribution in [3.8, 4) is 0 Å². The Balaban J connectivity index is 2.70. The lowest BCUT2D eigenvalue weighted by Gasteiger charge is -2.26. The maximum Gasteiger partial charge on any atom is 0.150 e. The van der Waals surface area contributed by atoms with Crippen LogP contribution in [0.4, 0.5) is 0 Å². The Hall–Kier alpha value is -0.780. The lowest BCUT2D eigenvalue weighted by Crippen LogP contribution is -2.34. The molecule has 0 aromatic heterocycles. The van der Waals surface area contributed by atoms with Gasteiger partial charge in [-0.05, 0) is 19.3 Å². The van der Waals surface area contributed by atoms with E-state index >= 15 is 0 Å². The molecule has 0 heterocycles. The monoisotopic (exact) mass is 220 g/mol. The van der Waals surface area contributed by atoms with Crippen molar-refractivity contribution in [3.63, 3.8) is 0 Å². The number of hydrogen-bond donors (Lipinski definition) is 2. The second-order valence-electron chi connectivity index (χ2n) is 3.84. The molecule has 1 fully saturated rings.